The van der Waals surface area contributed by atoms with E-state index in [2.05, 4.69) is 10.4 Å². The average molecular weight is 357 g/mol. The summed E-state index contributed by atoms with van der Waals surface area (Å²) in [5, 5.41) is 8.54. The first-order chi connectivity index (χ1) is 12.6. The summed E-state index contributed by atoms with van der Waals surface area (Å²) in [4.78, 5) is 27.0. The van der Waals surface area contributed by atoms with Gasteiger partial charge in [0.05, 0.1) is 25.0 Å². The lowest BCUT2D eigenvalue weighted by molar-refractivity contribution is -0.887. The minimum absolute atomic E-state index is 0.136. The molecule has 1 aliphatic rings. The molecule has 0 atom stereocenters. The second-order valence-corrected chi connectivity index (χ2v) is 7.59. The highest BCUT2D eigenvalue weighted by Crippen LogP contribution is 2.13. The molecule has 1 amide bonds. The highest BCUT2D eigenvalue weighted by atomic mass is 16.2. The van der Waals surface area contributed by atoms with Crippen molar-refractivity contribution in [2.45, 2.75) is 39.7 Å². The van der Waals surface area contributed by atoms with Crippen molar-refractivity contribution in [3.05, 3.63) is 40.3 Å². The number of hydrogen-bond donors (Lipinski definition) is 2. The van der Waals surface area contributed by atoms with Gasteiger partial charge in [0, 0.05) is 37.7 Å². The van der Waals surface area contributed by atoms with Crippen LogP contribution >= 0.6 is 0 Å². The van der Waals surface area contributed by atoms with Crippen LogP contribution in [0.1, 0.15) is 43.6 Å². The van der Waals surface area contributed by atoms with Crippen LogP contribution in [0, 0.1) is 5.92 Å². The summed E-state index contributed by atoms with van der Waals surface area (Å²) >= 11 is 0. The fourth-order valence-corrected chi connectivity index (χ4v) is 3.62. The largest absolute Gasteiger partial charge is 0.350 e. The van der Waals surface area contributed by atoms with Gasteiger partial charge in [0.25, 0.3) is 11.5 Å². The predicted octanol–water partition coefficient (Wildman–Crippen LogP) is 0.851. The first-order valence-electron chi connectivity index (χ1n) is 9.68. The van der Waals surface area contributed by atoms with Gasteiger partial charge in [-0.2, -0.15) is 5.10 Å². The van der Waals surface area contributed by atoms with Crippen molar-refractivity contribution in [2.75, 3.05) is 26.2 Å². The van der Waals surface area contributed by atoms with Gasteiger partial charge in [-0.1, -0.05) is 32.0 Å². The standard InChI is InChI=1S/C20H28N4O2/c1-15(2)14-24-20(26)17-9-4-3-8-16(17)18(22-24)19(25)21-10-7-13-23-11-5-6-12-23/h3-4,8-9,15H,5-7,10-14H2,1-2H3,(H,21,25)/p+1. The summed E-state index contributed by atoms with van der Waals surface area (Å²) in [5.41, 5.74) is 0.206. The quantitative estimate of drug-likeness (QED) is 0.722. The number of fused-ring (bicyclic) bond motifs is 1. The molecule has 6 nitrogen and oxygen atoms in total. The van der Waals surface area contributed by atoms with E-state index in [0.29, 0.717) is 29.6 Å². The average Bonchev–Trinajstić information content (AvgIpc) is 3.14. The zero-order valence-corrected chi connectivity index (χ0v) is 15.8. The number of nitrogens with zero attached hydrogens (tertiary/aromatic N) is 2. The molecule has 1 saturated heterocycles. The first kappa shape index (κ1) is 18.6. The fourth-order valence-electron chi connectivity index (χ4n) is 3.62. The SMILES string of the molecule is CC(C)Cn1nc(C(=O)NCCC[NH+]2CCCC2)c2ccccc2c1=O. The highest BCUT2D eigenvalue weighted by Gasteiger charge is 2.18. The van der Waals surface area contributed by atoms with Gasteiger partial charge in [0.2, 0.25) is 0 Å². The van der Waals surface area contributed by atoms with Gasteiger partial charge >= 0.3 is 0 Å². The summed E-state index contributed by atoms with van der Waals surface area (Å²) in [6.07, 6.45) is 3.59. The Morgan fingerprint density at radius 3 is 2.62 bits per heavy atom. The molecule has 2 N–H and O–H groups in total. The molecule has 1 aromatic carbocycles. The Balaban J connectivity index is 1.75. The summed E-state index contributed by atoms with van der Waals surface area (Å²) in [6, 6.07) is 7.23. The molecule has 0 saturated carbocycles. The molecule has 140 valence electrons. The van der Waals surface area contributed by atoms with Gasteiger partial charge in [0.1, 0.15) is 0 Å². The van der Waals surface area contributed by atoms with Crippen LogP contribution in [0.15, 0.2) is 29.1 Å². The minimum atomic E-state index is -0.199. The number of aromatic nitrogens is 2. The molecule has 3 rings (SSSR count). The Morgan fingerprint density at radius 2 is 1.92 bits per heavy atom. The van der Waals surface area contributed by atoms with E-state index < -0.39 is 0 Å². The third-order valence-corrected chi connectivity index (χ3v) is 4.92. The van der Waals surface area contributed by atoms with Crippen LogP contribution in [0.25, 0.3) is 10.8 Å². The molecule has 6 heteroatoms. The van der Waals surface area contributed by atoms with Crippen LogP contribution in [0.2, 0.25) is 0 Å². The van der Waals surface area contributed by atoms with Crippen LogP contribution < -0.4 is 15.8 Å². The van der Waals surface area contributed by atoms with Crippen LogP contribution in [0.4, 0.5) is 0 Å². The Hall–Kier alpha value is -2.21. The molecular formula is C20H29N4O2+. The number of amides is 1. The van der Waals surface area contributed by atoms with Crippen molar-refractivity contribution in [3.8, 4) is 0 Å². The number of likely N-dealkylation sites (tertiary alicyclic amines) is 1. The van der Waals surface area contributed by atoms with Gasteiger partial charge in [-0.25, -0.2) is 4.68 Å². The number of benzene rings is 1. The van der Waals surface area contributed by atoms with Crippen LogP contribution in [-0.2, 0) is 6.54 Å². The molecule has 1 fully saturated rings. The summed E-state index contributed by atoms with van der Waals surface area (Å²) in [7, 11) is 0. The van der Waals surface area contributed by atoms with E-state index >= 15 is 0 Å². The molecule has 26 heavy (non-hydrogen) atoms. The number of hydrogen-bond acceptors (Lipinski definition) is 3. The number of rotatable bonds is 7. The maximum Gasteiger partial charge on any atom is 0.274 e. The van der Waals surface area contributed by atoms with Gasteiger partial charge in [-0.05, 0) is 12.0 Å². The van der Waals surface area contributed by atoms with Crippen molar-refractivity contribution in [3.63, 3.8) is 0 Å². The van der Waals surface area contributed by atoms with E-state index in [1.54, 1.807) is 17.0 Å². The molecule has 1 aromatic heterocycles. The number of nitrogens with one attached hydrogen (secondary N) is 2. The third-order valence-electron chi connectivity index (χ3n) is 4.92. The van der Waals surface area contributed by atoms with Gasteiger partial charge in [-0.15, -0.1) is 0 Å². The topological polar surface area (TPSA) is 68.4 Å². The fraction of sp³-hybridized carbons (Fsp3) is 0.550. The number of carbonyl (C=O) groups is 1. The molecule has 0 unspecified atom stereocenters. The Bertz CT molecular complexity index is 822. The maximum absolute atomic E-state index is 12.7. The van der Waals surface area contributed by atoms with Crippen molar-refractivity contribution in [2.24, 2.45) is 5.92 Å². The third kappa shape index (κ3) is 4.30. The monoisotopic (exact) mass is 357 g/mol. The molecule has 2 heterocycles. The van der Waals surface area contributed by atoms with Crippen LogP contribution in [0.5, 0.6) is 0 Å². The molecule has 0 radical (unpaired) electrons. The lowest BCUT2D eigenvalue weighted by Crippen LogP contribution is -3.10. The lowest BCUT2D eigenvalue weighted by atomic mass is 10.1. The molecule has 0 aliphatic carbocycles. The Morgan fingerprint density at radius 1 is 1.23 bits per heavy atom. The second-order valence-electron chi connectivity index (χ2n) is 7.59. The number of carbonyl (C=O) groups excluding carboxylic acids is 1. The van der Waals surface area contributed by atoms with Crippen molar-refractivity contribution < 1.29 is 9.69 Å². The second kappa shape index (κ2) is 8.45. The molecular weight excluding hydrogens is 328 g/mol. The van der Waals surface area contributed by atoms with Crippen molar-refractivity contribution in [1.29, 1.82) is 0 Å². The van der Waals surface area contributed by atoms with Crippen LogP contribution in [0.3, 0.4) is 0 Å². The molecule has 0 bridgehead atoms. The Kier molecular flexibility index (Phi) is 6.04. The maximum atomic E-state index is 12.7. The van der Waals surface area contributed by atoms with Gasteiger partial charge in [0.15, 0.2) is 5.69 Å². The van der Waals surface area contributed by atoms with E-state index in [-0.39, 0.29) is 17.4 Å². The van der Waals surface area contributed by atoms with Crippen molar-refractivity contribution in [1.82, 2.24) is 15.1 Å². The summed E-state index contributed by atoms with van der Waals surface area (Å²) in [6.45, 7) is 8.80. The van der Waals surface area contributed by atoms with E-state index in [4.69, 9.17) is 0 Å². The van der Waals surface area contributed by atoms with E-state index in [9.17, 15) is 9.59 Å². The zero-order valence-electron chi connectivity index (χ0n) is 15.8. The van der Waals surface area contributed by atoms with Crippen molar-refractivity contribution >= 4 is 16.7 Å². The smallest absolute Gasteiger partial charge is 0.274 e. The molecule has 1 aliphatic heterocycles. The minimum Gasteiger partial charge on any atom is -0.350 e. The normalized spacial score (nSPS) is 15.0. The zero-order chi connectivity index (χ0) is 18.5. The molecule has 0 spiro atoms. The van der Waals surface area contributed by atoms with E-state index in [1.807, 2.05) is 26.0 Å². The van der Waals surface area contributed by atoms with Crippen LogP contribution in [-0.4, -0.2) is 41.9 Å². The van der Waals surface area contributed by atoms with E-state index in [1.165, 1.54) is 30.6 Å². The summed E-state index contributed by atoms with van der Waals surface area (Å²) < 4.78 is 1.43. The van der Waals surface area contributed by atoms with Gasteiger partial charge in [-0.3, -0.25) is 9.59 Å². The van der Waals surface area contributed by atoms with Gasteiger partial charge < -0.3 is 10.2 Å². The van der Waals surface area contributed by atoms with E-state index in [0.717, 1.165) is 13.0 Å². The summed E-state index contributed by atoms with van der Waals surface area (Å²) in [5.74, 6) is 0.0795. The first-order valence-corrected chi connectivity index (χ1v) is 9.68. The highest BCUT2D eigenvalue weighted by molar-refractivity contribution is 6.04. The number of quaternary nitrogens is 1. The Labute approximate surface area is 154 Å². The lowest BCUT2D eigenvalue weighted by Gasteiger charge is -2.14. The predicted molar refractivity (Wildman–Crippen MR) is 103 cm³/mol. The molecule has 2 aromatic rings.